The Kier molecular flexibility index (Phi) is 3.25. The first-order valence-electron chi connectivity index (χ1n) is 4.42. The number of aromatic amines is 1. The molecule has 0 saturated heterocycles. The standard InChI is InChI=1S/C10H15NO2/c1-4-13-6-9(12)10-7(2)5-11-8(10)3/h5,11H,4,6H2,1-3H3. The van der Waals surface area contributed by atoms with E-state index in [1.807, 2.05) is 27.0 Å². The predicted molar refractivity (Wildman–Crippen MR) is 51.1 cm³/mol. The monoisotopic (exact) mass is 181 g/mol. The second-order valence-electron chi connectivity index (χ2n) is 3.03. The number of ketones is 1. The van der Waals surface area contributed by atoms with Crippen LogP contribution in [0.25, 0.3) is 0 Å². The predicted octanol–water partition coefficient (Wildman–Crippen LogP) is 1.85. The first-order valence-corrected chi connectivity index (χ1v) is 4.42. The zero-order valence-electron chi connectivity index (χ0n) is 8.31. The smallest absolute Gasteiger partial charge is 0.190 e. The lowest BCUT2D eigenvalue weighted by atomic mass is 10.1. The summed E-state index contributed by atoms with van der Waals surface area (Å²) in [6.45, 7) is 6.45. The lowest BCUT2D eigenvalue weighted by molar-refractivity contribution is 0.0782. The maximum absolute atomic E-state index is 11.6. The SMILES string of the molecule is CCOCC(=O)c1c(C)c[nH]c1C. The van der Waals surface area contributed by atoms with Crippen molar-refractivity contribution in [2.45, 2.75) is 20.8 Å². The van der Waals surface area contributed by atoms with Crippen LogP contribution in [0.5, 0.6) is 0 Å². The Labute approximate surface area is 78.1 Å². The molecule has 0 spiro atoms. The second kappa shape index (κ2) is 4.23. The summed E-state index contributed by atoms with van der Waals surface area (Å²) in [5.41, 5.74) is 2.68. The van der Waals surface area contributed by atoms with Crippen molar-refractivity contribution in [3.05, 3.63) is 23.0 Å². The van der Waals surface area contributed by atoms with E-state index in [4.69, 9.17) is 4.74 Å². The van der Waals surface area contributed by atoms with Crippen molar-refractivity contribution in [3.63, 3.8) is 0 Å². The zero-order chi connectivity index (χ0) is 9.84. The van der Waals surface area contributed by atoms with Crippen LogP contribution in [0.15, 0.2) is 6.20 Å². The summed E-state index contributed by atoms with van der Waals surface area (Å²) in [6.07, 6.45) is 1.84. The van der Waals surface area contributed by atoms with Crippen LogP contribution >= 0.6 is 0 Å². The number of nitrogens with one attached hydrogen (secondary N) is 1. The van der Waals surface area contributed by atoms with E-state index in [0.29, 0.717) is 6.61 Å². The van der Waals surface area contributed by atoms with Gasteiger partial charge in [-0.3, -0.25) is 4.79 Å². The number of aromatic nitrogens is 1. The van der Waals surface area contributed by atoms with Gasteiger partial charge in [0.2, 0.25) is 0 Å². The number of hydrogen-bond acceptors (Lipinski definition) is 2. The highest BCUT2D eigenvalue weighted by Crippen LogP contribution is 2.12. The van der Waals surface area contributed by atoms with Crippen LogP contribution in [0, 0.1) is 13.8 Å². The lowest BCUT2D eigenvalue weighted by Gasteiger charge is -2.01. The van der Waals surface area contributed by atoms with Crippen LogP contribution in [0.3, 0.4) is 0 Å². The van der Waals surface area contributed by atoms with Crippen LogP contribution in [-0.2, 0) is 4.74 Å². The van der Waals surface area contributed by atoms with Crippen LogP contribution in [0.2, 0.25) is 0 Å². The number of hydrogen-bond donors (Lipinski definition) is 1. The quantitative estimate of drug-likeness (QED) is 0.720. The van der Waals surface area contributed by atoms with Gasteiger partial charge in [-0.2, -0.15) is 0 Å². The minimum absolute atomic E-state index is 0.0538. The summed E-state index contributed by atoms with van der Waals surface area (Å²) in [5.74, 6) is 0.0538. The lowest BCUT2D eigenvalue weighted by Crippen LogP contribution is -2.10. The van der Waals surface area contributed by atoms with Gasteiger partial charge in [-0.05, 0) is 26.3 Å². The van der Waals surface area contributed by atoms with Gasteiger partial charge in [0.1, 0.15) is 6.61 Å². The fourth-order valence-corrected chi connectivity index (χ4v) is 1.35. The van der Waals surface area contributed by atoms with Crippen molar-refractivity contribution in [1.29, 1.82) is 0 Å². The van der Waals surface area contributed by atoms with Gasteiger partial charge >= 0.3 is 0 Å². The average molecular weight is 181 g/mol. The third-order valence-corrected chi connectivity index (χ3v) is 1.99. The Bertz CT molecular complexity index is 282. The van der Waals surface area contributed by atoms with Crippen LogP contribution in [0.4, 0.5) is 0 Å². The molecule has 0 atom stereocenters. The van der Waals surface area contributed by atoms with Gasteiger partial charge in [0.25, 0.3) is 0 Å². The van der Waals surface area contributed by atoms with Crippen molar-refractivity contribution >= 4 is 5.78 Å². The van der Waals surface area contributed by atoms with Crippen molar-refractivity contribution < 1.29 is 9.53 Å². The molecule has 3 heteroatoms. The van der Waals surface area contributed by atoms with E-state index in [1.165, 1.54) is 0 Å². The Morgan fingerprint density at radius 1 is 1.54 bits per heavy atom. The first-order chi connectivity index (χ1) is 6.16. The van der Waals surface area contributed by atoms with Crippen LogP contribution in [-0.4, -0.2) is 24.0 Å². The van der Waals surface area contributed by atoms with E-state index in [2.05, 4.69) is 4.98 Å². The highest BCUT2D eigenvalue weighted by atomic mass is 16.5. The molecule has 0 aliphatic heterocycles. The fourth-order valence-electron chi connectivity index (χ4n) is 1.35. The molecule has 1 rings (SSSR count). The van der Waals surface area contributed by atoms with Crippen LogP contribution in [0.1, 0.15) is 28.5 Å². The maximum atomic E-state index is 11.6. The summed E-state index contributed by atoms with van der Waals surface area (Å²) in [4.78, 5) is 14.6. The molecule has 1 N–H and O–H groups in total. The molecule has 1 aromatic heterocycles. The summed E-state index contributed by atoms with van der Waals surface area (Å²) >= 11 is 0. The molecule has 72 valence electrons. The van der Waals surface area contributed by atoms with Gasteiger partial charge in [0.05, 0.1) is 0 Å². The molecule has 0 amide bonds. The molecule has 0 radical (unpaired) electrons. The molecule has 0 aromatic carbocycles. The van der Waals surface area contributed by atoms with Crippen molar-refractivity contribution in [2.75, 3.05) is 13.2 Å². The molecule has 0 bridgehead atoms. The highest BCUT2D eigenvalue weighted by Gasteiger charge is 2.12. The molecule has 0 aliphatic carbocycles. The topological polar surface area (TPSA) is 42.1 Å². The molecular formula is C10H15NO2. The summed E-state index contributed by atoms with van der Waals surface area (Å²) in [7, 11) is 0. The van der Waals surface area contributed by atoms with Crippen molar-refractivity contribution in [3.8, 4) is 0 Å². The van der Waals surface area contributed by atoms with Crippen molar-refractivity contribution in [2.24, 2.45) is 0 Å². The average Bonchev–Trinajstić information content (AvgIpc) is 2.42. The molecule has 0 fully saturated rings. The van der Waals surface area contributed by atoms with Gasteiger partial charge in [-0.1, -0.05) is 0 Å². The van der Waals surface area contributed by atoms with E-state index in [9.17, 15) is 4.79 Å². The highest BCUT2D eigenvalue weighted by molar-refractivity contribution is 5.99. The van der Waals surface area contributed by atoms with E-state index < -0.39 is 0 Å². The minimum Gasteiger partial charge on any atom is -0.374 e. The van der Waals surface area contributed by atoms with E-state index in [0.717, 1.165) is 16.8 Å². The van der Waals surface area contributed by atoms with Gasteiger partial charge in [-0.25, -0.2) is 0 Å². The second-order valence-corrected chi connectivity index (χ2v) is 3.03. The number of Topliss-reactive ketones (excluding diaryl/α,β-unsaturated/α-hetero) is 1. The number of carbonyl (C=O) groups excluding carboxylic acids is 1. The Hall–Kier alpha value is -1.09. The summed E-state index contributed by atoms with van der Waals surface area (Å²) in [6, 6.07) is 0. The van der Waals surface area contributed by atoms with E-state index in [1.54, 1.807) is 0 Å². The molecular weight excluding hydrogens is 166 g/mol. The number of aryl methyl sites for hydroxylation is 2. The van der Waals surface area contributed by atoms with E-state index in [-0.39, 0.29) is 12.4 Å². The van der Waals surface area contributed by atoms with Crippen molar-refractivity contribution in [1.82, 2.24) is 4.98 Å². The maximum Gasteiger partial charge on any atom is 0.190 e. The Morgan fingerprint density at radius 2 is 2.23 bits per heavy atom. The molecule has 13 heavy (non-hydrogen) atoms. The summed E-state index contributed by atoms with van der Waals surface area (Å²) in [5, 5.41) is 0. The third kappa shape index (κ3) is 2.18. The van der Waals surface area contributed by atoms with Gasteiger partial charge < -0.3 is 9.72 Å². The zero-order valence-corrected chi connectivity index (χ0v) is 8.31. The number of H-pyrrole nitrogens is 1. The molecule has 0 unspecified atom stereocenters. The van der Waals surface area contributed by atoms with E-state index >= 15 is 0 Å². The van der Waals surface area contributed by atoms with Gasteiger partial charge in [0.15, 0.2) is 5.78 Å². The molecule has 3 nitrogen and oxygen atoms in total. The first kappa shape index (κ1) is 9.99. The number of carbonyl (C=O) groups is 1. The van der Waals surface area contributed by atoms with Gasteiger partial charge in [-0.15, -0.1) is 0 Å². The van der Waals surface area contributed by atoms with Gasteiger partial charge in [0, 0.05) is 24.1 Å². The Morgan fingerprint density at radius 3 is 2.69 bits per heavy atom. The molecule has 1 aromatic rings. The third-order valence-electron chi connectivity index (χ3n) is 1.99. The molecule has 0 aliphatic rings. The summed E-state index contributed by atoms with van der Waals surface area (Å²) < 4.78 is 5.07. The number of rotatable bonds is 4. The Balaban J connectivity index is 2.76. The normalized spacial score (nSPS) is 10.4. The van der Waals surface area contributed by atoms with Crippen LogP contribution < -0.4 is 0 Å². The molecule has 0 saturated carbocycles. The molecule has 1 heterocycles. The minimum atomic E-state index is 0.0538. The largest absolute Gasteiger partial charge is 0.374 e. The number of ether oxygens (including phenoxy) is 1. The fraction of sp³-hybridized carbons (Fsp3) is 0.500.